The number of anilines is 1. The Morgan fingerprint density at radius 1 is 1.22 bits per heavy atom. The predicted molar refractivity (Wildman–Crippen MR) is 113 cm³/mol. The highest BCUT2D eigenvalue weighted by atomic mass is 19.1. The Balaban J connectivity index is 1.30. The number of amides is 2. The largest absolute Gasteiger partial charge is 0.465 e. The number of nitrogens with one attached hydrogen (secondary N) is 2. The van der Waals surface area contributed by atoms with E-state index in [2.05, 4.69) is 20.6 Å². The van der Waals surface area contributed by atoms with E-state index in [1.807, 2.05) is 4.90 Å². The SMILES string of the molecule is CCOC(=O)C1(C(=O)NCC(NC(=O)C2CN(c3ncc(F)cn3)C2)C2CCCC2)CC1. The minimum absolute atomic E-state index is 0.0685. The number of nitrogens with zero attached hydrogens (tertiary/aromatic N) is 3. The van der Waals surface area contributed by atoms with Crippen LogP contribution in [0.4, 0.5) is 10.3 Å². The highest BCUT2D eigenvalue weighted by Crippen LogP contribution is 2.47. The number of carbonyl (C=O) groups is 3. The molecule has 1 saturated heterocycles. The zero-order valence-corrected chi connectivity index (χ0v) is 18.3. The van der Waals surface area contributed by atoms with Gasteiger partial charge in [-0.3, -0.25) is 14.4 Å². The molecular formula is C22H30FN5O4. The average Bonchev–Trinajstić information content (AvgIpc) is 3.38. The first-order chi connectivity index (χ1) is 15.4. The third-order valence-electron chi connectivity index (χ3n) is 6.77. The van der Waals surface area contributed by atoms with Crippen molar-refractivity contribution < 1.29 is 23.5 Å². The number of carbonyl (C=O) groups excluding carboxylic acids is 3. The molecule has 1 unspecified atom stereocenters. The molecule has 1 aliphatic heterocycles. The van der Waals surface area contributed by atoms with Crippen molar-refractivity contribution in [3.63, 3.8) is 0 Å². The molecule has 2 aliphatic carbocycles. The van der Waals surface area contributed by atoms with E-state index in [0.29, 0.717) is 44.3 Å². The van der Waals surface area contributed by atoms with E-state index in [1.165, 1.54) is 0 Å². The maximum Gasteiger partial charge on any atom is 0.321 e. The Morgan fingerprint density at radius 2 is 1.88 bits per heavy atom. The zero-order valence-electron chi connectivity index (χ0n) is 18.3. The van der Waals surface area contributed by atoms with E-state index in [4.69, 9.17) is 4.74 Å². The Bertz CT molecular complexity index is 848. The van der Waals surface area contributed by atoms with Crippen LogP contribution in [0.25, 0.3) is 0 Å². The van der Waals surface area contributed by atoms with Gasteiger partial charge in [0.2, 0.25) is 17.8 Å². The summed E-state index contributed by atoms with van der Waals surface area (Å²) in [5.41, 5.74) is -1.05. The third kappa shape index (κ3) is 4.68. The molecule has 1 atom stereocenters. The van der Waals surface area contributed by atoms with Gasteiger partial charge in [-0.15, -0.1) is 0 Å². The smallest absolute Gasteiger partial charge is 0.321 e. The second-order valence-electron chi connectivity index (χ2n) is 8.98. The molecular weight excluding hydrogens is 417 g/mol. The van der Waals surface area contributed by atoms with Gasteiger partial charge in [0.05, 0.1) is 24.9 Å². The van der Waals surface area contributed by atoms with Crippen molar-refractivity contribution in [3.05, 3.63) is 18.2 Å². The van der Waals surface area contributed by atoms with Crippen LogP contribution >= 0.6 is 0 Å². The lowest BCUT2D eigenvalue weighted by Crippen LogP contribution is -2.58. The number of ether oxygens (including phenoxy) is 1. The van der Waals surface area contributed by atoms with Crippen molar-refractivity contribution in [2.24, 2.45) is 17.3 Å². The molecule has 2 amide bonds. The summed E-state index contributed by atoms with van der Waals surface area (Å²) >= 11 is 0. The van der Waals surface area contributed by atoms with Crippen LogP contribution in [0.15, 0.2) is 12.4 Å². The van der Waals surface area contributed by atoms with E-state index in [-0.39, 0.29) is 30.4 Å². The summed E-state index contributed by atoms with van der Waals surface area (Å²) in [5, 5.41) is 6.03. The van der Waals surface area contributed by atoms with Gasteiger partial charge < -0.3 is 20.3 Å². The number of esters is 1. The Kier molecular flexibility index (Phi) is 6.57. The van der Waals surface area contributed by atoms with E-state index >= 15 is 0 Å². The van der Waals surface area contributed by atoms with Gasteiger partial charge in [-0.25, -0.2) is 14.4 Å². The van der Waals surface area contributed by atoms with Gasteiger partial charge in [-0.2, -0.15) is 0 Å². The molecule has 0 aromatic carbocycles. The van der Waals surface area contributed by atoms with Gasteiger partial charge in [-0.05, 0) is 38.5 Å². The normalized spacial score (nSPS) is 20.9. The molecule has 2 saturated carbocycles. The van der Waals surface area contributed by atoms with Crippen molar-refractivity contribution in [1.82, 2.24) is 20.6 Å². The molecule has 1 aromatic heterocycles. The first-order valence-corrected chi connectivity index (χ1v) is 11.4. The molecule has 3 fully saturated rings. The molecule has 0 spiro atoms. The van der Waals surface area contributed by atoms with Crippen molar-refractivity contribution >= 4 is 23.7 Å². The molecule has 4 rings (SSSR count). The summed E-state index contributed by atoms with van der Waals surface area (Å²) in [5.74, 6) is -0.843. The minimum atomic E-state index is -1.05. The van der Waals surface area contributed by atoms with E-state index < -0.39 is 17.2 Å². The highest BCUT2D eigenvalue weighted by Gasteiger charge is 2.58. The minimum Gasteiger partial charge on any atom is -0.465 e. The maximum atomic E-state index is 13.0. The molecule has 1 aromatic rings. The first kappa shape index (κ1) is 22.4. The summed E-state index contributed by atoms with van der Waals surface area (Å²) in [7, 11) is 0. The molecule has 32 heavy (non-hydrogen) atoms. The van der Waals surface area contributed by atoms with Gasteiger partial charge in [0.25, 0.3) is 0 Å². The summed E-state index contributed by atoms with van der Waals surface area (Å²) in [6.07, 6.45) is 7.44. The van der Waals surface area contributed by atoms with Crippen LogP contribution in [0.5, 0.6) is 0 Å². The third-order valence-corrected chi connectivity index (χ3v) is 6.77. The fourth-order valence-electron chi connectivity index (χ4n) is 4.56. The molecule has 9 nitrogen and oxygen atoms in total. The quantitative estimate of drug-likeness (QED) is 0.432. The average molecular weight is 448 g/mol. The number of hydrogen-bond donors (Lipinski definition) is 2. The lowest BCUT2D eigenvalue weighted by Gasteiger charge is -2.39. The fraction of sp³-hybridized carbons (Fsp3) is 0.682. The molecule has 10 heteroatoms. The van der Waals surface area contributed by atoms with Gasteiger partial charge >= 0.3 is 5.97 Å². The van der Waals surface area contributed by atoms with Crippen LogP contribution in [0.1, 0.15) is 45.4 Å². The molecule has 0 radical (unpaired) electrons. The van der Waals surface area contributed by atoms with Crippen molar-refractivity contribution in [1.29, 1.82) is 0 Å². The molecule has 0 bridgehead atoms. The number of aromatic nitrogens is 2. The monoisotopic (exact) mass is 447 g/mol. The van der Waals surface area contributed by atoms with Crippen LogP contribution in [0.2, 0.25) is 0 Å². The molecule has 2 N–H and O–H groups in total. The predicted octanol–water partition coefficient (Wildman–Crippen LogP) is 1.19. The van der Waals surface area contributed by atoms with E-state index in [9.17, 15) is 18.8 Å². The van der Waals surface area contributed by atoms with Gasteiger partial charge in [0.15, 0.2) is 5.82 Å². The van der Waals surface area contributed by atoms with Gasteiger partial charge in [0.1, 0.15) is 5.41 Å². The van der Waals surface area contributed by atoms with Crippen molar-refractivity contribution in [2.45, 2.75) is 51.5 Å². The topological polar surface area (TPSA) is 114 Å². The van der Waals surface area contributed by atoms with Gasteiger partial charge in [-0.1, -0.05) is 12.8 Å². The van der Waals surface area contributed by atoms with E-state index in [0.717, 1.165) is 38.1 Å². The Labute approximate surface area is 186 Å². The maximum absolute atomic E-state index is 13.0. The van der Waals surface area contributed by atoms with Crippen LogP contribution in [0, 0.1) is 23.1 Å². The zero-order chi connectivity index (χ0) is 22.7. The standard InChI is InChI=1S/C22H30FN5O4/c1-2-32-20(31)22(7-8-22)19(30)24-11-17(14-5-3-4-6-14)27-18(29)15-12-28(13-15)21-25-9-16(23)10-26-21/h9-10,14-15,17H,2-8,11-13H2,1H3,(H,24,30)(H,27,29). The van der Waals surface area contributed by atoms with Crippen LogP contribution in [-0.2, 0) is 19.1 Å². The van der Waals surface area contributed by atoms with Crippen LogP contribution in [-0.4, -0.2) is 60.0 Å². The number of rotatable bonds is 9. The second kappa shape index (κ2) is 9.38. The first-order valence-electron chi connectivity index (χ1n) is 11.4. The lowest BCUT2D eigenvalue weighted by molar-refractivity contribution is -0.154. The molecule has 174 valence electrons. The second-order valence-corrected chi connectivity index (χ2v) is 8.98. The summed E-state index contributed by atoms with van der Waals surface area (Å²) in [6, 6.07) is -0.178. The Hall–Kier alpha value is -2.78. The van der Waals surface area contributed by atoms with Crippen molar-refractivity contribution in [3.8, 4) is 0 Å². The lowest BCUT2D eigenvalue weighted by atomic mass is 9.94. The van der Waals surface area contributed by atoms with Crippen molar-refractivity contribution in [2.75, 3.05) is 31.1 Å². The Morgan fingerprint density at radius 3 is 2.47 bits per heavy atom. The van der Waals surface area contributed by atoms with E-state index in [1.54, 1.807) is 6.92 Å². The summed E-state index contributed by atoms with van der Waals surface area (Å²) in [6.45, 7) is 3.20. The highest BCUT2D eigenvalue weighted by molar-refractivity contribution is 6.05. The fourth-order valence-corrected chi connectivity index (χ4v) is 4.56. The van der Waals surface area contributed by atoms with Crippen LogP contribution in [0.3, 0.4) is 0 Å². The summed E-state index contributed by atoms with van der Waals surface area (Å²) in [4.78, 5) is 47.4. The van der Waals surface area contributed by atoms with Crippen LogP contribution < -0.4 is 15.5 Å². The van der Waals surface area contributed by atoms with Gasteiger partial charge in [0, 0.05) is 25.7 Å². The number of hydrogen-bond acceptors (Lipinski definition) is 7. The molecule has 3 aliphatic rings. The number of halogens is 1. The molecule has 2 heterocycles. The summed E-state index contributed by atoms with van der Waals surface area (Å²) < 4.78 is 18.1.